The van der Waals surface area contributed by atoms with Gasteiger partial charge in [0.15, 0.2) is 0 Å². The Labute approximate surface area is 457 Å². The number of amides is 1. The zero-order chi connectivity index (χ0) is 54.3. The first kappa shape index (κ1) is 71.5. The molecule has 0 radical (unpaired) electrons. The fraction of sp³-hybridized carbons (Fsp3) is 0.781. The topological polar surface area (TPSA) is 114 Å². The molecule has 0 rings (SSSR count). The molecule has 1 amide bonds. The lowest BCUT2D eigenvalue weighted by molar-refractivity contribution is -0.870. The van der Waals surface area contributed by atoms with Crippen molar-refractivity contribution in [3.63, 3.8) is 0 Å². The van der Waals surface area contributed by atoms with E-state index in [1.807, 2.05) is 33.3 Å². The van der Waals surface area contributed by atoms with Crippen LogP contribution in [0.15, 0.2) is 72.9 Å². The van der Waals surface area contributed by atoms with E-state index in [4.69, 9.17) is 13.8 Å². The molecule has 0 aliphatic rings. The van der Waals surface area contributed by atoms with E-state index in [1.165, 1.54) is 128 Å². The van der Waals surface area contributed by atoms with Gasteiger partial charge >= 0.3 is 5.97 Å². The van der Waals surface area contributed by atoms with Gasteiger partial charge in [0, 0.05) is 12.8 Å². The first-order chi connectivity index (χ1) is 35.9. The van der Waals surface area contributed by atoms with Gasteiger partial charge in [-0.2, -0.15) is 0 Å². The fourth-order valence-electron chi connectivity index (χ4n) is 8.67. The number of ether oxygens (including phenoxy) is 1. The van der Waals surface area contributed by atoms with Crippen LogP contribution in [0.2, 0.25) is 0 Å². The second kappa shape index (κ2) is 53.8. The Balaban J connectivity index is 5.25. The van der Waals surface area contributed by atoms with Crippen LogP contribution in [0, 0.1) is 0 Å². The molecule has 0 saturated heterocycles. The van der Waals surface area contributed by atoms with E-state index >= 15 is 0 Å². The van der Waals surface area contributed by atoms with E-state index < -0.39 is 26.6 Å². The molecule has 0 aromatic rings. The van der Waals surface area contributed by atoms with Crippen molar-refractivity contribution in [3.8, 4) is 0 Å². The van der Waals surface area contributed by atoms with Gasteiger partial charge in [0.25, 0.3) is 7.82 Å². The van der Waals surface area contributed by atoms with E-state index in [1.54, 1.807) is 0 Å². The van der Waals surface area contributed by atoms with Crippen molar-refractivity contribution in [2.45, 2.75) is 283 Å². The molecule has 0 spiro atoms. The number of phosphoric ester groups is 1. The van der Waals surface area contributed by atoms with Gasteiger partial charge < -0.3 is 28.5 Å². The van der Waals surface area contributed by atoms with E-state index in [-0.39, 0.29) is 24.9 Å². The molecular weight excluding hydrogens is 940 g/mol. The van der Waals surface area contributed by atoms with Gasteiger partial charge in [0.2, 0.25) is 5.91 Å². The van der Waals surface area contributed by atoms with E-state index in [9.17, 15) is 19.0 Å². The Morgan fingerprint density at radius 3 is 1.30 bits per heavy atom. The largest absolute Gasteiger partial charge is 0.756 e. The third-order valence-corrected chi connectivity index (χ3v) is 14.4. The van der Waals surface area contributed by atoms with Crippen molar-refractivity contribution in [3.05, 3.63) is 72.9 Å². The fourth-order valence-corrected chi connectivity index (χ4v) is 9.39. The van der Waals surface area contributed by atoms with Gasteiger partial charge in [0.1, 0.15) is 19.3 Å². The maximum atomic E-state index is 13.5. The highest BCUT2D eigenvalue weighted by molar-refractivity contribution is 7.45. The number of allylic oxidation sites excluding steroid dienone is 11. The molecule has 74 heavy (non-hydrogen) atoms. The summed E-state index contributed by atoms with van der Waals surface area (Å²) in [6.45, 7) is 6.72. The van der Waals surface area contributed by atoms with Crippen LogP contribution in [-0.2, 0) is 27.9 Å². The number of carbonyl (C=O) groups is 2. The van der Waals surface area contributed by atoms with Crippen molar-refractivity contribution < 1.29 is 37.3 Å². The van der Waals surface area contributed by atoms with Crippen LogP contribution < -0.4 is 10.2 Å². The quantitative estimate of drug-likeness (QED) is 0.0212. The number of unbranched alkanes of at least 4 members (excludes halogenated alkanes) is 29. The minimum atomic E-state index is -4.70. The highest BCUT2D eigenvalue weighted by Crippen LogP contribution is 2.38. The standard InChI is InChI=1S/C64H117N2O7P/c1-7-10-13-16-19-22-25-27-29-31-32-33-34-35-37-39-42-45-48-51-54-57-64(68)73-62(55-52-49-46-43-40-24-21-18-15-12-9-3)61(60-72-74(69,70)71-59-58-66(4,5)6)65-63(67)56-53-50-47-44-41-38-36-30-28-26-23-20-17-14-11-8-2/h10,13,19,22,27,29,32-33,35,37,52,55,61-62H,7-9,11-12,14-18,20-21,23-26,28,30-31,34,36,38-51,53-54,56-60H2,1-6H3,(H-,65,67,69,70)/b13-10-,22-19-,29-27-,33-32-,37-35-,55-52+. The van der Waals surface area contributed by atoms with Crippen molar-refractivity contribution >= 4 is 19.7 Å². The van der Waals surface area contributed by atoms with Crippen molar-refractivity contribution in [2.24, 2.45) is 0 Å². The second-order valence-corrected chi connectivity index (χ2v) is 23.2. The Kier molecular flexibility index (Phi) is 52.0. The van der Waals surface area contributed by atoms with Gasteiger partial charge in [-0.3, -0.25) is 14.2 Å². The molecule has 0 aromatic carbocycles. The highest BCUT2D eigenvalue weighted by atomic mass is 31.2. The minimum absolute atomic E-state index is 0.0268. The first-order valence-corrected chi connectivity index (χ1v) is 32.2. The normalized spacial score (nSPS) is 14.2. The van der Waals surface area contributed by atoms with Crippen molar-refractivity contribution in [1.29, 1.82) is 0 Å². The lowest BCUT2D eigenvalue weighted by Gasteiger charge is -2.30. The summed E-state index contributed by atoms with van der Waals surface area (Å²) in [4.78, 5) is 39.9. The number of hydrogen-bond acceptors (Lipinski definition) is 7. The molecule has 0 aromatic heterocycles. The number of nitrogens with one attached hydrogen (secondary N) is 1. The summed E-state index contributed by atoms with van der Waals surface area (Å²) >= 11 is 0. The number of hydrogen-bond donors (Lipinski definition) is 1. The predicted molar refractivity (Wildman–Crippen MR) is 316 cm³/mol. The van der Waals surface area contributed by atoms with Crippen LogP contribution in [0.4, 0.5) is 0 Å². The Bertz CT molecular complexity index is 1500. The Morgan fingerprint density at radius 2 is 0.865 bits per heavy atom. The summed E-state index contributed by atoms with van der Waals surface area (Å²) in [7, 11) is 1.17. The molecule has 3 atom stereocenters. The van der Waals surface area contributed by atoms with Crippen LogP contribution in [-0.4, -0.2) is 69.4 Å². The summed E-state index contributed by atoms with van der Waals surface area (Å²) in [5.74, 6) is -0.559. The third-order valence-electron chi connectivity index (χ3n) is 13.4. The maximum absolute atomic E-state index is 13.5. The minimum Gasteiger partial charge on any atom is -0.756 e. The first-order valence-electron chi connectivity index (χ1n) is 30.7. The number of quaternary nitrogens is 1. The Hall–Kier alpha value is -2.55. The average Bonchev–Trinajstić information content (AvgIpc) is 3.36. The summed E-state index contributed by atoms with van der Waals surface area (Å²) in [5.41, 5.74) is 0. The summed E-state index contributed by atoms with van der Waals surface area (Å²) in [6, 6.07) is -0.896. The number of esters is 1. The molecule has 10 heteroatoms. The molecular formula is C64H117N2O7P. The van der Waals surface area contributed by atoms with E-state index in [0.29, 0.717) is 23.9 Å². The van der Waals surface area contributed by atoms with Gasteiger partial charge in [-0.05, 0) is 76.7 Å². The average molecular weight is 1060 g/mol. The zero-order valence-corrected chi connectivity index (χ0v) is 49.9. The lowest BCUT2D eigenvalue weighted by atomic mass is 10.0. The monoisotopic (exact) mass is 1060 g/mol. The molecule has 0 saturated carbocycles. The van der Waals surface area contributed by atoms with Crippen LogP contribution in [0.25, 0.3) is 0 Å². The van der Waals surface area contributed by atoms with E-state index in [2.05, 4.69) is 86.8 Å². The van der Waals surface area contributed by atoms with Gasteiger partial charge in [0.05, 0.1) is 33.8 Å². The van der Waals surface area contributed by atoms with Crippen molar-refractivity contribution in [2.75, 3.05) is 40.9 Å². The number of likely N-dealkylation sites (N-methyl/N-ethyl adjacent to an activating group) is 1. The molecule has 9 nitrogen and oxygen atoms in total. The molecule has 0 aliphatic carbocycles. The smallest absolute Gasteiger partial charge is 0.306 e. The third kappa shape index (κ3) is 54.2. The van der Waals surface area contributed by atoms with Crippen LogP contribution in [0.1, 0.15) is 271 Å². The SMILES string of the molecule is CC/C=C\C/C=C\C/C=C\C/C=C\C/C=C\CCCCCCCC(=O)OC(/C=C/CCCCCCCCCCC)C(COP(=O)([O-])OCC[N+](C)(C)C)NC(=O)CCCCCCCCCCCCCCCCCC. The number of phosphoric acid groups is 1. The van der Waals surface area contributed by atoms with Crippen LogP contribution in [0.5, 0.6) is 0 Å². The maximum Gasteiger partial charge on any atom is 0.306 e. The summed E-state index contributed by atoms with van der Waals surface area (Å²) < 4.78 is 30.3. The number of carbonyl (C=O) groups excluding carboxylic acids is 2. The number of nitrogens with zero attached hydrogens (tertiary/aromatic N) is 1. The van der Waals surface area contributed by atoms with Gasteiger partial charge in [-0.15, -0.1) is 0 Å². The molecule has 0 fully saturated rings. The van der Waals surface area contributed by atoms with Gasteiger partial charge in [-0.1, -0.05) is 255 Å². The highest BCUT2D eigenvalue weighted by Gasteiger charge is 2.27. The predicted octanol–water partition coefficient (Wildman–Crippen LogP) is 18.2. The molecule has 3 unspecified atom stereocenters. The van der Waals surface area contributed by atoms with Crippen LogP contribution in [0.3, 0.4) is 0 Å². The molecule has 430 valence electrons. The van der Waals surface area contributed by atoms with Gasteiger partial charge in [-0.25, -0.2) is 0 Å². The van der Waals surface area contributed by atoms with Crippen molar-refractivity contribution in [1.82, 2.24) is 5.32 Å². The lowest BCUT2D eigenvalue weighted by Crippen LogP contribution is -2.47. The molecule has 1 N–H and O–H groups in total. The van der Waals surface area contributed by atoms with E-state index in [0.717, 1.165) is 103 Å². The van der Waals surface area contributed by atoms with Crippen LogP contribution >= 0.6 is 7.82 Å². The zero-order valence-electron chi connectivity index (χ0n) is 49.0. The number of rotatable bonds is 55. The summed E-state index contributed by atoms with van der Waals surface area (Å²) in [5, 5.41) is 3.02. The molecule has 0 aliphatic heterocycles. The molecule has 0 heterocycles. The Morgan fingerprint density at radius 1 is 0.486 bits per heavy atom. The molecule has 0 bridgehead atoms. The second-order valence-electron chi connectivity index (χ2n) is 21.8. The summed E-state index contributed by atoms with van der Waals surface area (Å²) in [6.07, 6.45) is 68.6.